The fraction of sp³-hybridized carbons (Fsp3) is 0.867. The van der Waals surface area contributed by atoms with Crippen LogP contribution in [0.15, 0.2) is 0 Å². The second-order valence-corrected chi connectivity index (χ2v) is 6.47. The standard InChI is InChI=1S/C15H27N3O3/c1-3-6-15(13(19)20)7-9-18(11-15)14(21)16-10-12-5-4-8-17(12)2/h12H,3-11H2,1-2H3,(H,16,21)(H,19,20). The van der Waals surface area contributed by atoms with Crippen molar-refractivity contribution in [3.63, 3.8) is 0 Å². The van der Waals surface area contributed by atoms with Gasteiger partial charge >= 0.3 is 12.0 Å². The predicted molar refractivity (Wildman–Crippen MR) is 80.2 cm³/mol. The first-order valence-electron chi connectivity index (χ1n) is 7.95. The molecule has 2 rings (SSSR count). The first kappa shape index (κ1) is 16.1. The van der Waals surface area contributed by atoms with E-state index in [9.17, 15) is 14.7 Å². The molecule has 2 fully saturated rings. The van der Waals surface area contributed by atoms with Crippen molar-refractivity contribution in [2.24, 2.45) is 5.41 Å². The molecule has 2 aliphatic heterocycles. The maximum Gasteiger partial charge on any atom is 0.317 e. The van der Waals surface area contributed by atoms with Crippen LogP contribution in [0, 0.1) is 5.41 Å². The minimum atomic E-state index is -0.768. The number of carboxylic acid groups (broad SMARTS) is 1. The Morgan fingerprint density at radius 2 is 2.14 bits per heavy atom. The van der Waals surface area contributed by atoms with Gasteiger partial charge in [-0.3, -0.25) is 4.79 Å². The van der Waals surface area contributed by atoms with Crippen LogP contribution < -0.4 is 5.32 Å². The fourth-order valence-corrected chi connectivity index (χ4v) is 3.56. The van der Waals surface area contributed by atoms with Gasteiger partial charge in [0.1, 0.15) is 0 Å². The Hall–Kier alpha value is -1.30. The maximum atomic E-state index is 12.2. The van der Waals surface area contributed by atoms with Crippen LogP contribution >= 0.6 is 0 Å². The monoisotopic (exact) mass is 297 g/mol. The summed E-state index contributed by atoms with van der Waals surface area (Å²) in [5.74, 6) is -0.768. The molecule has 0 aromatic carbocycles. The van der Waals surface area contributed by atoms with Crippen LogP contribution in [0.3, 0.4) is 0 Å². The normalized spacial score (nSPS) is 29.8. The Kier molecular flexibility index (Phi) is 5.08. The number of likely N-dealkylation sites (tertiary alicyclic amines) is 2. The van der Waals surface area contributed by atoms with E-state index in [1.54, 1.807) is 4.90 Å². The molecular formula is C15H27N3O3. The molecule has 2 saturated heterocycles. The molecule has 6 heteroatoms. The number of hydrogen-bond acceptors (Lipinski definition) is 3. The quantitative estimate of drug-likeness (QED) is 0.804. The van der Waals surface area contributed by atoms with E-state index < -0.39 is 11.4 Å². The molecule has 2 heterocycles. The van der Waals surface area contributed by atoms with E-state index in [1.165, 1.54) is 6.42 Å². The van der Waals surface area contributed by atoms with Crippen molar-refractivity contribution in [1.29, 1.82) is 0 Å². The number of urea groups is 1. The number of hydrogen-bond donors (Lipinski definition) is 2. The molecule has 120 valence electrons. The summed E-state index contributed by atoms with van der Waals surface area (Å²) in [5, 5.41) is 12.4. The van der Waals surface area contributed by atoms with Crippen LogP contribution in [0.4, 0.5) is 4.79 Å². The molecule has 0 saturated carbocycles. The summed E-state index contributed by atoms with van der Waals surface area (Å²) in [4.78, 5) is 27.7. The molecular weight excluding hydrogens is 270 g/mol. The first-order valence-corrected chi connectivity index (χ1v) is 7.95. The molecule has 0 radical (unpaired) electrons. The van der Waals surface area contributed by atoms with Crippen molar-refractivity contribution >= 4 is 12.0 Å². The number of amides is 2. The van der Waals surface area contributed by atoms with Crippen molar-refractivity contribution in [2.75, 3.05) is 33.2 Å². The van der Waals surface area contributed by atoms with Crippen molar-refractivity contribution in [3.8, 4) is 0 Å². The molecule has 2 N–H and O–H groups in total. The van der Waals surface area contributed by atoms with Gasteiger partial charge in [0.2, 0.25) is 0 Å². The van der Waals surface area contributed by atoms with Gasteiger partial charge in [0.05, 0.1) is 5.41 Å². The number of rotatable bonds is 5. The number of nitrogens with one attached hydrogen (secondary N) is 1. The van der Waals surface area contributed by atoms with Gasteiger partial charge in [0.15, 0.2) is 0 Å². The molecule has 0 aliphatic carbocycles. The molecule has 0 spiro atoms. The number of carbonyl (C=O) groups excluding carboxylic acids is 1. The van der Waals surface area contributed by atoms with E-state index in [0.29, 0.717) is 38.5 Å². The van der Waals surface area contributed by atoms with E-state index in [0.717, 1.165) is 19.4 Å². The Labute approximate surface area is 126 Å². The molecule has 0 aromatic heterocycles. The lowest BCUT2D eigenvalue weighted by atomic mass is 9.83. The minimum absolute atomic E-state index is 0.116. The summed E-state index contributed by atoms with van der Waals surface area (Å²) in [6, 6.07) is 0.297. The predicted octanol–water partition coefficient (Wildman–Crippen LogP) is 1.37. The van der Waals surface area contributed by atoms with Crippen molar-refractivity contribution < 1.29 is 14.7 Å². The Bertz CT molecular complexity index is 402. The van der Waals surface area contributed by atoms with Gasteiger partial charge in [-0.05, 0) is 39.3 Å². The fourth-order valence-electron chi connectivity index (χ4n) is 3.56. The van der Waals surface area contributed by atoms with E-state index in [4.69, 9.17) is 0 Å². The highest BCUT2D eigenvalue weighted by Crippen LogP contribution is 2.35. The zero-order chi connectivity index (χ0) is 15.5. The summed E-state index contributed by atoms with van der Waals surface area (Å²) < 4.78 is 0. The molecule has 2 aliphatic rings. The summed E-state index contributed by atoms with van der Waals surface area (Å²) >= 11 is 0. The molecule has 2 amide bonds. The molecule has 6 nitrogen and oxygen atoms in total. The van der Waals surface area contributed by atoms with Crippen LogP contribution in [0.25, 0.3) is 0 Å². The second-order valence-electron chi connectivity index (χ2n) is 6.47. The molecule has 0 bridgehead atoms. The number of aliphatic carboxylic acids is 1. The Morgan fingerprint density at radius 3 is 2.71 bits per heavy atom. The van der Waals surface area contributed by atoms with Gasteiger partial charge in [-0.25, -0.2) is 4.79 Å². The zero-order valence-electron chi connectivity index (χ0n) is 13.1. The number of nitrogens with zero attached hydrogens (tertiary/aromatic N) is 2. The maximum absolute atomic E-state index is 12.2. The van der Waals surface area contributed by atoms with Crippen molar-refractivity contribution in [3.05, 3.63) is 0 Å². The van der Waals surface area contributed by atoms with Gasteiger partial charge in [-0.2, -0.15) is 0 Å². The summed E-state index contributed by atoms with van der Waals surface area (Å²) in [5.41, 5.74) is -0.740. The average Bonchev–Trinajstić information content (AvgIpc) is 3.04. The zero-order valence-corrected chi connectivity index (χ0v) is 13.1. The van der Waals surface area contributed by atoms with Crippen LogP contribution in [-0.2, 0) is 4.79 Å². The van der Waals surface area contributed by atoms with Gasteiger partial charge in [0.25, 0.3) is 0 Å². The molecule has 2 atom stereocenters. The Balaban J connectivity index is 1.85. The van der Waals surface area contributed by atoms with Crippen molar-refractivity contribution in [2.45, 2.75) is 45.1 Å². The van der Waals surface area contributed by atoms with Gasteiger partial charge in [0, 0.05) is 25.7 Å². The van der Waals surface area contributed by atoms with Crippen LogP contribution in [-0.4, -0.2) is 66.2 Å². The Morgan fingerprint density at radius 1 is 1.38 bits per heavy atom. The molecule has 21 heavy (non-hydrogen) atoms. The minimum Gasteiger partial charge on any atom is -0.481 e. The first-order chi connectivity index (χ1) is 9.98. The van der Waals surface area contributed by atoms with Gasteiger partial charge in [-0.15, -0.1) is 0 Å². The topological polar surface area (TPSA) is 72.9 Å². The van der Waals surface area contributed by atoms with Crippen LogP contribution in [0.2, 0.25) is 0 Å². The molecule has 2 unspecified atom stereocenters. The lowest BCUT2D eigenvalue weighted by Crippen LogP contribution is -2.45. The third-order valence-electron chi connectivity index (χ3n) is 4.98. The van der Waals surface area contributed by atoms with E-state index >= 15 is 0 Å². The lowest BCUT2D eigenvalue weighted by molar-refractivity contribution is -0.148. The number of carbonyl (C=O) groups is 2. The van der Waals surface area contributed by atoms with E-state index in [-0.39, 0.29) is 6.03 Å². The smallest absolute Gasteiger partial charge is 0.317 e. The third-order valence-corrected chi connectivity index (χ3v) is 4.98. The number of carboxylic acids is 1. The average molecular weight is 297 g/mol. The highest BCUT2D eigenvalue weighted by molar-refractivity contribution is 5.79. The van der Waals surface area contributed by atoms with Gasteiger partial charge in [-0.1, -0.05) is 13.3 Å². The summed E-state index contributed by atoms with van der Waals surface area (Å²) in [6.45, 7) is 4.60. The largest absolute Gasteiger partial charge is 0.481 e. The lowest BCUT2D eigenvalue weighted by Gasteiger charge is -2.25. The molecule has 0 aromatic rings. The van der Waals surface area contributed by atoms with Gasteiger partial charge < -0.3 is 20.2 Å². The second kappa shape index (κ2) is 6.64. The summed E-state index contributed by atoms with van der Waals surface area (Å²) in [6.07, 6.45) is 4.32. The highest BCUT2D eigenvalue weighted by atomic mass is 16.4. The third kappa shape index (κ3) is 3.48. The highest BCUT2D eigenvalue weighted by Gasteiger charge is 2.45. The van der Waals surface area contributed by atoms with Crippen molar-refractivity contribution in [1.82, 2.24) is 15.1 Å². The number of likely N-dealkylation sites (N-methyl/N-ethyl adjacent to an activating group) is 1. The SMILES string of the molecule is CCCC1(C(=O)O)CCN(C(=O)NCC2CCCN2C)C1. The summed E-state index contributed by atoms with van der Waals surface area (Å²) in [7, 11) is 2.08. The van der Waals surface area contributed by atoms with E-state index in [2.05, 4.69) is 17.3 Å². The van der Waals surface area contributed by atoms with Crippen LogP contribution in [0.5, 0.6) is 0 Å². The van der Waals surface area contributed by atoms with Crippen LogP contribution in [0.1, 0.15) is 39.0 Å². The van der Waals surface area contributed by atoms with E-state index in [1.807, 2.05) is 6.92 Å².